The molecule has 0 aromatic carbocycles. The number of unbranched alkanes of at least 4 members (excludes halogenated alkanes) is 1. The van der Waals surface area contributed by atoms with Crippen LogP contribution in [0.3, 0.4) is 0 Å². The summed E-state index contributed by atoms with van der Waals surface area (Å²) >= 11 is 3.37. The highest BCUT2D eigenvalue weighted by Crippen LogP contribution is 2.19. The van der Waals surface area contributed by atoms with E-state index in [1.165, 1.54) is 0 Å². The third-order valence-electron chi connectivity index (χ3n) is 10.3. The molecule has 5 N–H and O–H groups in total. The Kier molecular flexibility index (Phi) is 34.7. The third-order valence-corrected chi connectivity index (χ3v) is 10.6. The molecule has 0 radical (unpaired) electrons. The molecule has 23 heteroatoms. The van der Waals surface area contributed by atoms with Crippen LogP contribution in [0.15, 0.2) is 0 Å². The highest BCUT2D eigenvalue weighted by molar-refractivity contribution is 9.10. The van der Waals surface area contributed by atoms with Crippen LogP contribution < -0.4 is 26.6 Å². The number of halogens is 1. The molecule has 22 nitrogen and oxygen atoms in total. The van der Waals surface area contributed by atoms with E-state index < -0.39 is 81.5 Å². The minimum atomic E-state index is -0.859. The topological polar surface area (TPSA) is 254 Å². The van der Waals surface area contributed by atoms with Crippen LogP contribution in [0.25, 0.3) is 0 Å². The maximum absolute atomic E-state index is 13.0. The van der Waals surface area contributed by atoms with Crippen LogP contribution in [0.1, 0.15) is 169 Å². The first-order chi connectivity index (χ1) is 35.4. The Balaban J connectivity index is 5.41. The van der Waals surface area contributed by atoms with Gasteiger partial charge < -0.3 is 59.7 Å². The van der Waals surface area contributed by atoms with Gasteiger partial charge in [-0.05, 0) is 202 Å². The van der Waals surface area contributed by atoms with Crippen molar-refractivity contribution in [2.75, 3.05) is 91.6 Å². The van der Waals surface area contributed by atoms with Crippen molar-refractivity contribution in [2.45, 2.75) is 214 Å². The Hall–Kier alpha value is -4.35. The Bertz CT molecular complexity index is 1570. The molecule has 0 rings (SSSR count). The van der Waals surface area contributed by atoms with Gasteiger partial charge in [-0.25, -0.2) is 24.0 Å². The minimum Gasteiger partial charge on any atom is -0.460 e. The number of carbonyl (C=O) groups is 7. The summed E-state index contributed by atoms with van der Waals surface area (Å²) in [6.07, 6.45) is 0.591. The number of nitrogens with zero attached hydrogens (tertiary/aromatic N) is 3. The molecule has 77 heavy (non-hydrogen) atoms. The molecule has 0 aromatic heterocycles. The summed E-state index contributed by atoms with van der Waals surface area (Å²) in [4.78, 5) is 93.8. The molecular formula is C54H103BrN8O14. The predicted molar refractivity (Wildman–Crippen MR) is 301 cm³/mol. The van der Waals surface area contributed by atoms with E-state index in [1.807, 2.05) is 34.6 Å². The van der Waals surface area contributed by atoms with Gasteiger partial charge >= 0.3 is 42.4 Å². The van der Waals surface area contributed by atoms with E-state index in [-0.39, 0.29) is 5.97 Å². The standard InChI is InChI=1S/C54H103BrN8O14/c1-40(71-44(65)54(16,17)55)37-62(33-20-26-56-45(66)72-41(2)38-61(31-19-18-25-43(64)74-50(4,5)6)32-22-28-58-47(68)75-51(7,8)9)34-21-27-57-46(67)73-42(3)39-63(35-23-29-59-48(69)76-52(10,11)12)36-24-30-60-49(70)77-53(13,14)15/h40-42H,18-39H2,1-17H3,(H,56,66)(H,57,67)(H,58,68)(H,59,69)(H,60,70). The summed E-state index contributed by atoms with van der Waals surface area (Å²) in [7, 11) is 0. The van der Waals surface area contributed by atoms with Crippen LogP contribution in [0.5, 0.6) is 0 Å². The van der Waals surface area contributed by atoms with Crippen LogP contribution in [0.4, 0.5) is 24.0 Å². The van der Waals surface area contributed by atoms with Gasteiger partial charge in [0.25, 0.3) is 0 Å². The molecule has 0 spiro atoms. The third kappa shape index (κ3) is 45.2. The number of amides is 5. The summed E-state index contributed by atoms with van der Waals surface area (Å²) < 4.78 is 37.8. The van der Waals surface area contributed by atoms with Crippen molar-refractivity contribution in [2.24, 2.45) is 0 Å². The number of hydrogen-bond acceptors (Lipinski definition) is 17. The van der Waals surface area contributed by atoms with Crippen molar-refractivity contribution in [3.63, 3.8) is 0 Å². The lowest BCUT2D eigenvalue weighted by molar-refractivity contribution is -0.155. The van der Waals surface area contributed by atoms with Gasteiger partial charge in [0.2, 0.25) is 0 Å². The molecule has 3 atom stereocenters. The number of ether oxygens (including phenoxy) is 7. The Morgan fingerprint density at radius 2 is 0.636 bits per heavy atom. The van der Waals surface area contributed by atoms with Crippen molar-refractivity contribution in [1.29, 1.82) is 0 Å². The molecule has 0 fully saturated rings. The Morgan fingerprint density at radius 1 is 0.377 bits per heavy atom. The van der Waals surface area contributed by atoms with E-state index in [1.54, 1.807) is 83.1 Å². The fraction of sp³-hybridized carbons (Fsp3) is 0.870. The molecule has 0 saturated carbocycles. The summed E-state index contributed by atoms with van der Waals surface area (Å²) in [5.41, 5.74) is -2.39. The van der Waals surface area contributed by atoms with Crippen LogP contribution in [0.2, 0.25) is 0 Å². The van der Waals surface area contributed by atoms with Crippen LogP contribution in [-0.2, 0) is 42.7 Å². The fourth-order valence-corrected chi connectivity index (χ4v) is 7.36. The molecule has 450 valence electrons. The van der Waals surface area contributed by atoms with Crippen molar-refractivity contribution in [3.05, 3.63) is 0 Å². The molecule has 0 heterocycles. The molecule has 0 aromatic rings. The molecule has 0 bridgehead atoms. The molecule has 0 aliphatic carbocycles. The molecule has 5 amide bonds. The van der Waals surface area contributed by atoms with Gasteiger partial charge in [0.05, 0.1) is 0 Å². The van der Waals surface area contributed by atoms with Gasteiger partial charge in [-0.1, -0.05) is 15.9 Å². The average molecular weight is 1170 g/mol. The van der Waals surface area contributed by atoms with Gasteiger partial charge in [-0.2, -0.15) is 0 Å². The van der Waals surface area contributed by atoms with Crippen molar-refractivity contribution < 1.29 is 66.7 Å². The van der Waals surface area contributed by atoms with Gasteiger partial charge in [-0.3, -0.25) is 24.3 Å². The van der Waals surface area contributed by atoms with Crippen LogP contribution >= 0.6 is 15.9 Å². The van der Waals surface area contributed by atoms with Gasteiger partial charge in [0.15, 0.2) is 0 Å². The number of carbonyl (C=O) groups excluding carboxylic acids is 7. The second-order valence-corrected chi connectivity index (χ2v) is 26.0. The van der Waals surface area contributed by atoms with E-state index in [0.717, 1.165) is 6.42 Å². The number of hydrogen-bond donors (Lipinski definition) is 5. The Morgan fingerprint density at radius 3 is 0.909 bits per heavy atom. The van der Waals surface area contributed by atoms with E-state index in [9.17, 15) is 33.6 Å². The minimum absolute atomic E-state index is 0.249. The van der Waals surface area contributed by atoms with Gasteiger partial charge in [0, 0.05) is 58.8 Å². The largest absolute Gasteiger partial charge is 0.460 e. The predicted octanol–water partition coefficient (Wildman–Crippen LogP) is 8.26. The van der Waals surface area contributed by atoms with Crippen LogP contribution in [-0.4, -0.2) is 194 Å². The zero-order valence-corrected chi connectivity index (χ0v) is 51.8. The van der Waals surface area contributed by atoms with Gasteiger partial charge in [-0.15, -0.1) is 0 Å². The highest BCUT2D eigenvalue weighted by Gasteiger charge is 2.28. The SMILES string of the molecule is CC(CN(CCCCC(=O)OC(C)(C)C)CCCNC(=O)OC(C)(C)C)OC(=O)NCCCN(CCCNC(=O)OC(C)CN(CCCNC(=O)OC(C)(C)C)CCCNC(=O)OC(C)(C)C)CC(C)OC(=O)C(C)(C)Br. The van der Waals surface area contributed by atoms with Crippen molar-refractivity contribution in [3.8, 4) is 0 Å². The number of nitrogens with one attached hydrogen (secondary N) is 5. The first-order valence-electron chi connectivity index (χ1n) is 27.5. The normalized spacial score (nSPS) is 13.5. The molecule has 0 aliphatic heterocycles. The number of alkyl carbamates (subject to hydrolysis) is 5. The van der Waals surface area contributed by atoms with E-state index in [0.29, 0.717) is 137 Å². The van der Waals surface area contributed by atoms with E-state index >= 15 is 0 Å². The maximum Gasteiger partial charge on any atom is 0.407 e. The molecule has 3 unspecified atom stereocenters. The smallest absolute Gasteiger partial charge is 0.407 e. The van der Waals surface area contributed by atoms with Gasteiger partial charge in [0.1, 0.15) is 45.0 Å². The summed E-state index contributed by atoms with van der Waals surface area (Å²) in [5.74, 6) is -0.645. The summed E-state index contributed by atoms with van der Waals surface area (Å²) in [6, 6.07) is 0. The lowest BCUT2D eigenvalue weighted by atomic mass is 10.2. The zero-order valence-electron chi connectivity index (χ0n) is 50.2. The summed E-state index contributed by atoms with van der Waals surface area (Å²) in [5, 5.41) is 14.0. The molecular weight excluding hydrogens is 1060 g/mol. The second kappa shape index (κ2) is 36.7. The van der Waals surface area contributed by atoms with Crippen LogP contribution in [0, 0.1) is 0 Å². The molecule has 0 saturated heterocycles. The number of esters is 2. The average Bonchev–Trinajstić information content (AvgIpc) is 3.23. The van der Waals surface area contributed by atoms with Crippen molar-refractivity contribution >= 4 is 58.3 Å². The fourth-order valence-electron chi connectivity index (χ4n) is 7.26. The number of alkyl halides is 1. The first kappa shape index (κ1) is 72.7. The summed E-state index contributed by atoms with van der Waals surface area (Å²) in [6.45, 7) is 37.1. The molecule has 0 aliphatic rings. The lowest BCUT2D eigenvalue weighted by Gasteiger charge is -2.28. The maximum atomic E-state index is 13.0. The number of rotatable bonds is 35. The second-order valence-electron chi connectivity index (χ2n) is 24.0. The Labute approximate surface area is 470 Å². The monoisotopic (exact) mass is 1170 g/mol. The van der Waals surface area contributed by atoms with Crippen molar-refractivity contribution in [1.82, 2.24) is 41.3 Å². The van der Waals surface area contributed by atoms with E-state index in [4.69, 9.17) is 33.2 Å². The zero-order chi connectivity index (χ0) is 59.0. The quantitative estimate of drug-likeness (QED) is 0.0173. The first-order valence-corrected chi connectivity index (χ1v) is 28.3. The lowest BCUT2D eigenvalue weighted by Crippen LogP contribution is -2.41. The van der Waals surface area contributed by atoms with E-state index in [2.05, 4.69) is 57.2 Å². The highest BCUT2D eigenvalue weighted by atomic mass is 79.9.